The van der Waals surface area contributed by atoms with Crippen molar-refractivity contribution in [2.45, 2.75) is 17.7 Å². The lowest BCUT2D eigenvalue weighted by molar-refractivity contribution is -0.384. The Kier molecular flexibility index (Phi) is 5.97. The number of nitrogens with zero attached hydrogens (tertiary/aromatic N) is 2. The number of anilines is 1. The topological polar surface area (TPSA) is 110 Å². The molecule has 1 N–H and O–H groups in total. The van der Waals surface area contributed by atoms with Crippen LogP contribution in [-0.4, -0.2) is 36.6 Å². The molecular weight excluding hydrogens is 406 g/mol. The lowest BCUT2D eigenvalue weighted by atomic mass is 9.98. The maximum atomic E-state index is 12.8. The minimum Gasteiger partial charge on any atom is -0.326 e. The quantitative estimate of drug-likeness (QED) is 0.586. The first-order valence-corrected chi connectivity index (χ1v) is 10.4. The Labute approximate surface area is 167 Å². The number of rotatable bonds is 5. The predicted octanol–water partition coefficient (Wildman–Crippen LogP) is 3.29. The van der Waals surface area contributed by atoms with Crippen LogP contribution in [0.3, 0.4) is 0 Å². The third-order valence-electron chi connectivity index (χ3n) is 4.53. The minimum atomic E-state index is -3.73. The molecule has 2 aromatic carbocycles. The molecule has 10 heteroatoms. The van der Waals surface area contributed by atoms with Crippen LogP contribution in [-0.2, 0) is 14.8 Å². The van der Waals surface area contributed by atoms with Gasteiger partial charge >= 0.3 is 0 Å². The predicted molar refractivity (Wildman–Crippen MR) is 105 cm³/mol. The smallest absolute Gasteiger partial charge is 0.271 e. The van der Waals surface area contributed by atoms with Crippen molar-refractivity contribution >= 4 is 38.9 Å². The molecular formula is C18H18ClN3O5S. The molecule has 2 aromatic rings. The van der Waals surface area contributed by atoms with Crippen LogP contribution < -0.4 is 5.32 Å². The van der Waals surface area contributed by atoms with Gasteiger partial charge in [0.1, 0.15) is 0 Å². The number of hydrogen-bond donors (Lipinski definition) is 1. The van der Waals surface area contributed by atoms with Crippen molar-refractivity contribution in [3.8, 4) is 0 Å². The van der Waals surface area contributed by atoms with Gasteiger partial charge < -0.3 is 5.32 Å². The van der Waals surface area contributed by atoms with Crippen LogP contribution in [0, 0.1) is 16.0 Å². The molecule has 0 aliphatic carbocycles. The Morgan fingerprint density at radius 3 is 2.61 bits per heavy atom. The standard InChI is InChI=1S/C18H18ClN3O5S/c19-14-6-8-17(9-7-14)28(26,27)21-10-2-3-13(12-21)18(23)20-15-4-1-5-16(11-15)22(24)25/h1,4-9,11,13H,2-3,10,12H2,(H,20,23)/t13-/m1/s1. The Hall–Kier alpha value is -2.49. The van der Waals surface area contributed by atoms with Gasteiger partial charge in [-0.1, -0.05) is 17.7 Å². The van der Waals surface area contributed by atoms with Gasteiger partial charge in [0.05, 0.1) is 15.7 Å². The fourth-order valence-corrected chi connectivity index (χ4v) is 4.72. The Balaban J connectivity index is 1.72. The second-order valence-corrected chi connectivity index (χ2v) is 8.83. The highest BCUT2D eigenvalue weighted by molar-refractivity contribution is 7.89. The molecule has 0 saturated carbocycles. The van der Waals surface area contributed by atoms with Gasteiger partial charge in [0.2, 0.25) is 15.9 Å². The monoisotopic (exact) mass is 423 g/mol. The third kappa shape index (κ3) is 4.49. The van der Waals surface area contributed by atoms with Crippen molar-refractivity contribution in [2.75, 3.05) is 18.4 Å². The second kappa shape index (κ2) is 8.26. The summed E-state index contributed by atoms with van der Waals surface area (Å²) >= 11 is 5.82. The van der Waals surface area contributed by atoms with Crippen molar-refractivity contribution in [1.82, 2.24) is 4.31 Å². The maximum absolute atomic E-state index is 12.8. The van der Waals surface area contributed by atoms with Gasteiger partial charge in [-0.15, -0.1) is 0 Å². The Morgan fingerprint density at radius 2 is 1.93 bits per heavy atom. The SMILES string of the molecule is O=C(Nc1cccc([N+](=O)[O-])c1)[C@@H]1CCCN(S(=O)(=O)c2ccc(Cl)cc2)C1. The second-order valence-electron chi connectivity index (χ2n) is 6.45. The number of sulfonamides is 1. The molecule has 0 aromatic heterocycles. The zero-order valence-electron chi connectivity index (χ0n) is 14.7. The van der Waals surface area contributed by atoms with E-state index in [1.807, 2.05) is 0 Å². The summed E-state index contributed by atoms with van der Waals surface area (Å²) in [5.41, 5.74) is 0.172. The van der Waals surface area contributed by atoms with E-state index in [2.05, 4.69) is 5.32 Å². The number of piperidine rings is 1. The average Bonchev–Trinajstić information content (AvgIpc) is 2.68. The van der Waals surface area contributed by atoms with Gasteiger partial charge in [-0.25, -0.2) is 8.42 Å². The highest BCUT2D eigenvalue weighted by atomic mass is 35.5. The molecule has 1 amide bonds. The number of nitrogens with one attached hydrogen (secondary N) is 1. The van der Waals surface area contributed by atoms with Crippen LogP contribution in [0.1, 0.15) is 12.8 Å². The van der Waals surface area contributed by atoms with E-state index in [0.29, 0.717) is 30.1 Å². The van der Waals surface area contributed by atoms with E-state index in [9.17, 15) is 23.3 Å². The van der Waals surface area contributed by atoms with Gasteiger partial charge in [0.25, 0.3) is 5.69 Å². The molecule has 8 nitrogen and oxygen atoms in total. The number of nitro benzene ring substituents is 1. The van der Waals surface area contributed by atoms with Crippen LogP contribution >= 0.6 is 11.6 Å². The van der Waals surface area contributed by atoms with Gasteiger partial charge in [-0.3, -0.25) is 14.9 Å². The minimum absolute atomic E-state index is 0.0473. The number of amides is 1. The summed E-state index contributed by atoms with van der Waals surface area (Å²) < 4.78 is 26.9. The van der Waals surface area contributed by atoms with E-state index in [-0.39, 0.29) is 23.0 Å². The first-order valence-electron chi connectivity index (χ1n) is 8.58. The Bertz CT molecular complexity index is 995. The van der Waals surface area contributed by atoms with E-state index in [0.717, 1.165) is 0 Å². The summed E-state index contributed by atoms with van der Waals surface area (Å²) in [7, 11) is -3.73. The molecule has 0 unspecified atom stereocenters. The molecule has 1 heterocycles. The van der Waals surface area contributed by atoms with Gasteiger partial charge in [-0.2, -0.15) is 4.31 Å². The first kappa shape index (κ1) is 20.2. The molecule has 0 bridgehead atoms. The summed E-state index contributed by atoms with van der Waals surface area (Å²) in [4.78, 5) is 23.0. The zero-order valence-corrected chi connectivity index (χ0v) is 16.3. The average molecular weight is 424 g/mol. The normalized spacial score (nSPS) is 17.8. The maximum Gasteiger partial charge on any atom is 0.271 e. The zero-order chi connectivity index (χ0) is 20.3. The van der Waals surface area contributed by atoms with Crippen LogP contribution in [0.25, 0.3) is 0 Å². The number of carbonyl (C=O) groups excluding carboxylic acids is 1. The number of nitro groups is 1. The molecule has 1 saturated heterocycles. The number of hydrogen-bond acceptors (Lipinski definition) is 5. The molecule has 148 valence electrons. The van der Waals surface area contributed by atoms with Gasteiger partial charge in [-0.05, 0) is 43.2 Å². The summed E-state index contributed by atoms with van der Waals surface area (Å²) in [5, 5.41) is 13.9. The lowest BCUT2D eigenvalue weighted by Crippen LogP contribution is -2.43. The third-order valence-corrected chi connectivity index (χ3v) is 6.66. The highest BCUT2D eigenvalue weighted by Gasteiger charge is 2.33. The van der Waals surface area contributed by atoms with E-state index in [1.165, 1.54) is 46.8 Å². The van der Waals surface area contributed by atoms with Crippen molar-refractivity contribution in [3.63, 3.8) is 0 Å². The fourth-order valence-electron chi connectivity index (χ4n) is 3.07. The van der Waals surface area contributed by atoms with Gasteiger partial charge in [0.15, 0.2) is 0 Å². The molecule has 1 aliphatic heterocycles. The number of benzene rings is 2. The van der Waals surface area contributed by atoms with Crippen molar-refractivity contribution in [2.24, 2.45) is 5.92 Å². The van der Waals surface area contributed by atoms with Crippen LogP contribution in [0.4, 0.5) is 11.4 Å². The number of carbonyl (C=O) groups is 1. The van der Waals surface area contributed by atoms with E-state index in [1.54, 1.807) is 6.07 Å². The van der Waals surface area contributed by atoms with E-state index < -0.39 is 20.9 Å². The number of non-ortho nitro benzene ring substituents is 1. The number of halogens is 1. The Morgan fingerprint density at radius 1 is 1.21 bits per heavy atom. The van der Waals surface area contributed by atoms with E-state index >= 15 is 0 Å². The van der Waals surface area contributed by atoms with Crippen LogP contribution in [0.5, 0.6) is 0 Å². The van der Waals surface area contributed by atoms with Crippen molar-refractivity contribution in [1.29, 1.82) is 0 Å². The summed E-state index contributed by atoms with van der Waals surface area (Å²) in [6, 6.07) is 11.5. The van der Waals surface area contributed by atoms with Crippen molar-refractivity contribution < 1.29 is 18.1 Å². The molecule has 1 aliphatic rings. The molecule has 0 spiro atoms. The highest BCUT2D eigenvalue weighted by Crippen LogP contribution is 2.26. The largest absolute Gasteiger partial charge is 0.326 e. The fraction of sp³-hybridized carbons (Fsp3) is 0.278. The van der Waals surface area contributed by atoms with Crippen LogP contribution in [0.2, 0.25) is 5.02 Å². The molecule has 3 rings (SSSR count). The van der Waals surface area contributed by atoms with Crippen molar-refractivity contribution in [3.05, 3.63) is 63.7 Å². The molecule has 1 atom stereocenters. The summed E-state index contributed by atoms with van der Waals surface area (Å²) in [6.07, 6.45) is 1.08. The summed E-state index contributed by atoms with van der Waals surface area (Å²) in [5.74, 6) is -0.911. The molecule has 1 fully saturated rings. The first-order chi connectivity index (χ1) is 13.3. The van der Waals surface area contributed by atoms with Crippen LogP contribution in [0.15, 0.2) is 53.4 Å². The van der Waals surface area contributed by atoms with Gasteiger partial charge in [0, 0.05) is 35.9 Å². The molecule has 0 radical (unpaired) electrons. The molecule has 28 heavy (non-hydrogen) atoms. The lowest BCUT2D eigenvalue weighted by Gasteiger charge is -2.31. The van der Waals surface area contributed by atoms with E-state index in [4.69, 9.17) is 11.6 Å². The summed E-state index contributed by atoms with van der Waals surface area (Å²) in [6.45, 7) is 0.372.